The summed E-state index contributed by atoms with van der Waals surface area (Å²) in [6.45, 7) is 0. The van der Waals surface area contributed by atoms with Crippen LogP contribution in [0.15, 0.2) is 30.5 Å². The van der Waals surface area contributed by atoms with Crippen LogP contribution in [0.2, 0.25) is 0 Å². The molecule has 3 heteroatoms. The van der Waals surface area contributed by atoms with Crippen molar-refractivity contribution in [3.8, 4) is 6.07 Å². The number of nitrogens with one attached hydrogen (secondary N) is 1. The molecular weight excluding hydrogens is 180 g/mol. The van der Waals surface area contributed by atoms with Crippen LogP contribution in [0.1, 0.15) is 5.56 Å². The molecule has 0 saturated heterocycles. The highest BCUT2D eigenvalue weighted by atomic mass is 32.1. The molecule has 1 heterocycles. The van der Waals surface area contributed by atoms with Crippen LogP contribution in [-0.2, 0) is 0 Å². The standard InChI is InChI=1S/C10H6N2S/c11-5-7-6-12-9-4-2-1-3-8(9)10(7)13/h1-4,6H,(H,12,13). The lowest BCUT2D eigenvalue weighted by Crippen LogP contribution is -1.83. The molecule has 0 aliphatic rings. The van der Waals surface area contributed by atoms with Crippen LogP contribution >= 0.6 is 12.2 Å². The molecule has 2 rings (SSSR count). The first kappa shape index (κ1) is 7.96. The summed E-state index contributed by atoms with van der Waals surface area (Å²) in [6.07, 6.45) is 1.64. The van der Waals surface area contributed by atoms with E-state index in [1.807, 2.05) is 24.3 Å². The molecule has 2 nitrogen and oxygen atoms in total. The predicted octanol–water partition coefficient (Wildman–Crippen LogP) is 2.77. The molecule has 0 aliphatic heterocycles. The van der Waals surface area contributed by atoms with Crippen LogP contribution in [0.3, 0.4) is 0 Å². The van der Waals surface area contributed by atoms with E-state index in [0.717, 1.165) is 10.9 Å². The fourth-order valence-electron chi connectivity index (χ4n) is 1.25. The van der Waals surface area contributed by atoms with Gasteiger partial charge in [0.05, 0.1) is 10.1 Å². The van der Waals surface area contributed by atoms with E-state index >= 15 is 0 Å². The lowest BCUT2D eigenvalue weighted by Gasteiger charge is -1.97. The summed E-state index contributed by atoms with van der Waals surface area (Å²) in [5, 5.41) is 9.67. The van der Waals surface area contributed by atoms with Gasteiger partial charge in [-0.25, -0.2) is 0 Å². The highest BCUT2D eigenvalue weighted by molar-refractivity contribution is 7.71. The zero-order valence-corrected chi connectivity index (χ0v) is 7.56. The molecule has 0 bridgehead atoms. The Hall–Kier alpha value is -1.66. The van der Waals surface area contributed by atoms with E-state index in [2.05, 4.69) is 11.1 Å². The van der Waals surface area contributed by atoms with Crippen LogP contribution < -0.4 is 0 Å². The average Bonchev–Trinajstić information content (AvgIpc) is 2.19. The number of benzene rings is 1. The van der Waals surface area contributed by atoms with Crippen LogP contribution in [0, 0.1) is 15.8 Å². The van der Waals surface area contributed by atoms with Gasteiger partial charge in [-0.2, -0.15) is 5.26 Å². The Kier molecular flexibility index (Phi) is 1.84. The Morgan fingerprint density at radius 3 is 2.85 bits per heavy atom. The third-order valence-corrected chi connectivity index (χ3v) is 2.35. The molecule has 0 aliphatic carbocycles. The van der Waals surface area contributed by atoms with Crippen molar-refractivity contribution in [3.63, 3.8) is 0 Å². The molecule has 1 aromatic carbocycles. The summed E-state index contributed by atoms with van der Waals surface area (Å²) in [7, 11) is 0. The maximum atomic E-state index is 8.74. The number of aromatic amines is 1. The zero-order valence-electron chi connectivity index (χ0n) is 6.74. The number of aromatic nitrogens is 1. The highest BCUT2D eigenvalue weighted by Crippen LogP contribution is 2.14. The molecule has 2 aromatic rings. The number of hydrogen-bond donors (Lipinski definition) is 1. The Bertz CT molecular complexity index is 549. The Morgan fingerprint density at radius 1 is 1.31 bits per heavy atom. The van der Waals surface area contributed by atoms with Crippen molar-refractivity contribution >= 4 is 23.1 Å². The minimum atomic E-state index is 0.522. The highest BCUT2D eigenvalue weighted by Gasteiger charge is 1.98. The zero-order chi connectivity index (χ0) is 9.26. The van der Waals surface area contributed by atoms with E-state index < -0.39 is 0 Å². The number of hydrogen-bond acceptors (Lipinski definition) is 2. The van der Waals surface area contributed by atoms with Crippen molar-refractivity contribution < 1.29 is 0 Å². The first-order valence-corrected chi connectivity index (χ1v) is 4.24. The van der Waals surface area contributed by atoms with E-state index in [4.69, 9.17) is 17.5 Å². The first-order valence-electron chi connectivity index (χ1n) is 3.83. The van der Waals surface area contributed by atoms with Gasteiger partial charge < -0.3 is 4.98 Å². The smallest absolute Gasteiger partial charge is 0.102 e. The van der Waals surface area contributed by atoms with Crippen molar-refractivity contribution in [2.45, 2.75) is 0 Å². The maximum Gasteiger partial charge on any atom is 0.102 e. The van der Waals surface area contributed by atoms with Gasteiger partial charge in [0.2, 0.25) is 0 Å². The number of rotatable bonds is 0. The molecule has 62 valence electrons. The molecule has 0 saturated carbocycles. The van der Waals surface area contributed by atoms with Crippen LogP contribution in [0.25, 0.3) is 10.9 Å². The molecule has 0 amide bonds. The summed E-state index contributed by atoms with van der Waals surface area (Å²) in [5.74, 6) is 0. The Balaban J connectivity index is 2.98. The van der Waals surface area contributed by atoms with E-state index in [1.165, 1.54) is 0 Å². The molecule has 1 N–H and O–H groups in total. The molecular formula is C10H6N2S. The summed E-state index contributed by atoms with van der Waals surface area (Å²) in [6, 6.07) is 9.74. The van der Waals surface area contributed by atoms with Crippen molar-refractivity contribution in [1.82, 2.24) is 4.98 Å². The molecule has 0 atom stereocenters. The van der Waals surface area contributed by atoms with Gasteiger partial charge in [-0.1, -0.05) is 30.4 Å². The van der Waals surface area contributed by atoms with Crippen LogP contribution in [0.5, 0.6) is 0 Å². The van der Waals surface area contributed by atoms with E-state index in [9.17, 15) is 0 Å². The van der Waals surface area contributed by atoms with E-state index in [-0.39, 0.29) is 0 Å². The average molecular weight is 186 g/mol. The van der Waals surface area contributed by atoms with Crippen molar-refractivity contribution in [1.29, 1.82) is 5.26 Å². The quantitative estimate of drug-likeness (QED) is 0.642. The fraction of sp³-hybridized carbons (Fsp3) is 0. The van der Waals surface area contributed by atoms with Crippen molar-refractivity contribution in [2.24, 2.45) is 0 Å². The summed E-state index contributed by atoms with van der Waals surface area (Å²) >= 11 is 5.15. The largest absolute Gasteiger partial charge is 0.360 e. The number of pyridine rings is 1. The lowest BCUT2D eigenvalue weighted by molar-refractivity contribution is 1.36. The summed E-state index contributed by atoms with van der Waals surface area (Å²) in [4.78, 5) is 3.02. The van der Waals surface area contributed by atoms with E-state index in [1.54, 1.807) is 6.20 Å². The maximum absolute atomic E-state index is 8.74. The Morgan fingerprint density at radius 2 is 2.08 bits per heavy atom. The van der Waals surface area contributed by atoms with Crippen LogP contribution in [-0.4, -0.2) is 4.98 Å². The van der Waals surface area contributed by atoms with Gasteiger partial charge in [0.25, 0.3) is 0 Å². The van der Waals surface area contributed by atoms with Gasteiger partial charge in [-0.05, 0) is 6.07 Å². The van der Waals surface area contributed by atoms with Gasteiger partial charge in [0.15, 0.2) is 0 Å². The predicted molar refractivity (Wildman–Crippen MR) is 53.8 cm³/mol. The molecule has 0 fully saturated rings. The molecule has 0 spiro atoms. The van der Waals surface area contributed by atoms with E-state index in [0.29, 0.717) is 10.1 Å². The van der Waals surface area contributed by atoms with Gasteiger partial charge in [-0.3, -0.25) is 0 Å². The minimum Gasteiger partial charge on any atom is -0.360 e. The second-order valence-corrected chi connectivity index (χ2v) is 3.10. The first-order chi connectivity index (χ1) is 6.33. The molecule has 0 radical (unpaired) electrons. The summed E-state index contributed by atoms with van der Waals surface area (Å²) in [5.41, 5.74) is 1.49. The summed E-state index contributed by atoms with van der Waals surface area (Å²) < 4.78 is 0.622. The van der Waals surface area contributed by atoms with Crippen LogP contribution in [0.4, 0.5) is 0 Å². The number of fused-ring (bicyclic) bond motifs is 1. The number of H-pyrrole nitrogens is 1. The fourth-order valence-corrected chi connectivity index (χ4v) is 1.53. The SMILES string of the molecule is N#Cc1c[nH]c2ccccc2c1=S. The van der Waals surface area contributed by atoms with Gasteiger partial charge in [0, 0.05) is 17.1 Å². The number of nitrogens with zero attached hydrogens (tertiary/aromatic N) is 1. The number of nitriles is 1. The van der Waals surface area contributed by atoms with Crippen molar-refractivity contribution in [3.05, 3.63) is 40.5 Å². The van der Waals surface area contributed by atoms with Gasteiger partial charge in [-0.15, -0.1) is 0 Å². The number of para-hydroxylation sites is 1. The molecule has 0 unspecified atom stereocenters. The third-order valence-electron chi connectivity index (χ3n) is 1.91. The monoisotopic (exact) mass is 186 g/mol. The normalized spacial score (nSPS) is 9.77. The molecule has 13 heavy (non-hydrogen) atoms. The van der Waals surface area contributed by atoms with Gasteiger partial charge >= 0.3 is 0 Å². The Labute approximate surface area is 80.4 Å². The molecule has 1 aromatic heterocycles. The topological polar surface area (TPSA) is 39.6 Å². The van der Waals surface area contributed by atoms with Crippen molar-refractivity contribution in [2.75, 3.05) is 0 Å². The third kappa shape index (κ3) is 1.21. The lowest BCUT2D eigenvalue weighted by atomic mass is 10.2. The van der Waals surface area contributed by atoms with Gasteiger partial charge in [0.1, 0.15) is 6.07 Å². The minimum absolute atomic E-state index is 0.522. The second kappa shape index (κ2) is 3.00. The second-order valence-electron chi connectivity index (χ2n) is 2.69.